The number of nitrogens with one attached hydrogen (secondary N) is 2. The van der Waals surface area contributed by atoms with Gasteiger partial charge in [-0.2, -0.15) is 0 Å². The molecule has 1 heterocycles. The van der Waals surface area contributed by atoms with Crippen LogP contribution < -0.4 is 10.6 Å². The molecule has 0 radical (unpaired) electrons. The zero-order valence-corrected chi connectivity index (χ0v) is 15.3. The lowest BCUT2D eigenvalue weighted by atomic mass is 10.0. The second-order valence-corrected chi connectivity index (χ2v) is 4.73. The van der Waals surface area contributed by atoms with Crippen LogP contribution in [0, 0.1) is 0 Å². The molecule has 21 heavy (non-hydrogen) atoms. The van der Waals surface area contributed by atoms with E-state index in [9.17, 15) is 5.11 Å². The van der Waals surface area contributed by atoms with Crippen molar-refractivity contribution in [2.45, 2.75) is 32.8 Å². The maximum absolute atomic E-state index is 10.3. The minimum absolute atomic E-state index is 0. The van der Waals surface area contributed by atoms with Crippen LogP contribution in [-0.2, 0) is 5.60 Å². The average Bonchev–Trinajstić information content (AvgIpc) is 2.95. The van der Waals surface area contributed by atoms with Crippen molar-refractivity contribution in [1.29, 1.82) is 0 Å². The van der Waals surface area contributed by atoms with Gasteiger partial charge in [-0.25, -0.2) is 4.99 Å². The summed E-state index contributed by atoms with van der Waals surface area (Å²) >= 11 is 0. The standard InChI is InChI=1S/C15H25N3O2.HI/c1-4-6-7-10-17-14(16-5-2)18-12-15(3,19)13-9-8-11-20-13;/h4,6,8-9,11,19H,5,7,10,12H2,1-3H3,(H2,16,17,18);1H/b6-4+;. The highest BCUT2D eigenvalue weighted by atomic mass is 127. The molecule has 0 aliphatic rings. The minimum Gasteiger partial charge on any atom is -0.466 e. The number of furan rings is 1. The van der Waals surface area contributed by atoms with Crippen molar-refractivity contribution in [3.05, 3.63) is 36.3 Å². The summed E-state index contributed by atoms with van der Waals surface area (Å²) in [5.41, 5.74) is -1.10. The summed E-state index contributed by atoms with van der Waals surface area (Å²) in [6, 6.07) is 3.51. The molecule has 0 saturated heterocycles. The van der Waals surface area contributed by atoms with Gasteiger partial charge in [0.2, 0.25) is 0 Å². The number of guanidine groups is 1. The predicted octanol–water partition coefficient (Wildman–Crippen LogP) is 2.63. The summed E-state index contributed by atoms with van der Waals surface area (Å²) < 4.78 is 5.23. The van der Waals surface area contributed by atoms with Gasteiger partial charge < -0.3 is 20.2 Å². The SMILES string of the molecule is C/C=C/CCNC(=NCC(C)(O)c1ccco1)NCC.I. The lowest BCUT2D eigenvalue weighted by molar-refractivity contribution is 0.0437. The van der Waals surface area contributed by atoms with Gasteiger partial charge in [-0.15, -0.1) is 24.0 Å². The van der Waals surface area contributed by atoms with E-state index in [0.29, 0.717) is 11.7 Å². The molecule has 3 N–H and O–H groups in total. The lowest BCUT2D eigenvalue weighted by Gasteiger charge is -2.19. The van der Waals surface area contributed by atoms with Crippen LogP contribution in [0.25, 0.3) is 0 Å². The smallest absolute Gasteiger partial charge is 0.191 e. The molecule has 0 aliphatic carbocycles. The van der Waals surface area contributed by atoms with Crippen molar-refractivity contribution >= 4 is 29.9 Å². The highest BCUT2D eigenvalue weighted by Crippen LogP contribution is 2.20. The average molecular weight is 407 g/mol. The summed E-state index contributed by atoms with van der Waals surface area (Å²) in [6.45, 7) is 7.52. The number of hydrogen-bond acceptors (Lipinski definition) is 3. The Kier molecular flexibility index (Phi) is 10.2. The molecule has 1 aromatic rings. The Morgan fingerprint density at radius 3 is 2.81 bits per heavy atom. The summed E-state index contributed by atoms with van der Waals surface area (Å²) in [6.07, 6.45) is 6.60. The summed E-state index contributed by atoms with van der Waals surface area (Å²) in [4.78, 5) is 4.40. The van der Waals surface area contributed by atoms with Crippen LogP contribution in [0.1, 0.15) is 33.0 Å². The zero-order valence-electron chi connectivity index (χ0n) is 12.9. The Hall–Kier alpha value is -1.02. The van der Waals surface area contributed by atoms with Crippen LogP contribution in [0.4, 0.5) is 0 Å². The number of rotatable bonds is 7. The molecule has 6 heteroatoms. The molecule has 1 rings (SSSR count). The van der Waals surface area contributed by atoms with Crippen molar-refractivity contribution in [1.82, 2.24) is 10.6 Å². The summed E-state index contributed by atoms with van der Waals surface area (Å²) in [5.74, 6) is 1.22. The molecule has 0 bridgehead atoms. The van der Waals surface area contributed by atoms with E-state index in [1.54, 1.807) is 25.3 Å². The second-order valence-electron chi connectivity index (χ2n) is 4.73. The molecule has 0 saturated carbocycles. The van der Waals surface area contributed by atoms with Crippen LogP contribution in [0.2, 0.25) is 0 Å². The summed E-state index contributed by atoms with van der Waals surface area (Å²) in [5, 5.41) is 16.7. The molecular weight excluding hydrogens is 381 g/mol. The maximum Gasteiger partial charge on any atom is 0.191 e. The van der Waals surface area contributed by atoms with E-state index in [2.05, 4.69) is 21.7 Å². The van der Waals surface area contributed by atoms with Gasteiger partial charge in [0.05, 0.1) is 12.8 Å². The molecule has 0 aliphatic heterocycles. The van der Waals surface area contributed by atoms with Gasteiger partial charge in [0.25, 0.3) is 0 Å². The fourth-order valence-corrected chi connectivity index (χ4v) is 1.68. The van der Waals surface area contributed by atoms with E-state index >= 15 is 0 Å². The Morgan fingerprint density at radius 2 is 2.24 bits per heavy atom. The first-order valence-corrected chi connectivity index (χ1v) is 7.00. The minimum atomic E-state index is -1.10. The van der Waals surface area contributed by atoms with Crippen molar-refractivity contribution in [2.24, 2.45) is 4.99 Å². The predicted molar refractivity (Wildman–Crippen MR) is 97.1 cm³/mol. The quantitative estimate of drug-likeness (QED) is 0.214. The molecule has 120 valence electrons. The van der Waals surface area contributed by atoms with E-state index in [4.69, 9.17) is 4.42 Å². The first-order chi connectivity index (χ1) is 9.60. The van der Waals surface area contributed by atoms with Gasteiger partial charge in [-0.3, -0.25) is 0 Å². The maximum atomic E-state index is 10.3. The molecule has 1 atom stereocenters. The number of allylic oxidation sites excluding steroid dienone is 1. The molecule has 0 aromatic carbocycles. The van der Waals surface area contributed by atoms with Gasteiger partial charge in [0.15, 0.2) is 5.96 Å². The topological polar surface area (TPSA) is 69.8 Å². The van der Waals surface area contributed by atoms with Crippen LogP contribution in [0.3, 0.4) is 0 Å². The lowest BCUT2D eigenvalue weighted by Crippen LogP contribution is -2.39. The molecule has 0 amide bonds. The third kappa shape index (κ3) is 7.52. The van der Waals surface area contributed by atoms with Crippen molar-refractivity contribution in [3.8, 4) is 0 Å². The molecule has 1 unspecified atom stereocenters. The van der Waals surface area contributed by atoms with E-state index < -0.39 is 5.60 Å². The molecule has 5 nitrogen and oxygen atoms in total. The Bertz CT molecular complexity index is 428. The first-order valence-electron chi connectivity index (χ1n) is 7.00. The Balaban J connectivity index is 0.00000400. The Labute approximate surface area is 143 Å². The van der Waals surface area contributed by atoms with E-state index in [0.717, 1.165) is 19.5 Å². The first kappa shape index (κ1) is 20.0. The van der Waals surface area contributed by atoms with Crippen molar-refractivity contribution in [3.63, 3.8) is 0 Å². The molecule has 0 spiro atoms. The van der Waals surface area contributed by atoms with Crippen molar-refractivity contribution in [2.75, 3.05) is 19.6 Å². The number of halogens is 1. The number of nitrogens with zero attached hydrogens (tertiary/aromatic N) is 1. The van der Waals surface area contributed by atoms with Crippen LogP contribution >= 0.6 is 24.0 Å². The third-order valence-electron chi connectivity index (χ3n) is 2.78. The normalized spacial score (nSPS) is 14.6. The van der Waals surface area contributed by atoms with Gasteiger partial charge in [-0.05, 0) is 39.3 Å². The summed E-state index contributed by atoms with van der Waals surface area (Å²) in [7, 11) is 0. The van der Waals surface area contributed by atoms with Crippen LogP contribution in [0.5, 0.6) is 0 Å². The molecular formula is C15H26IN3O2. The highest BCUT2D eigenvalue weighted by molar-refractivity contribution is 14.0. The fourth-order valence-electron chi connectivity index (χ4n) is 1.68. The number of hydrogen-bond donors (Lipinski definition) is 3. The highest BCUT2D eigenvalue weighted by Gasteiger charge is 2.25. The zero-order chi connectivity index (χ0) is 14.8. The van der Waals surface area contributed by atoms with Gasteiger partial charge in [0, 0.05) is 13.1 Å². The number of aliphatic imine (C=N–C) groups is 1. The van der Waals surface area contributed by atoms with Gasteiger partial charge >= 0.3 is 0 Å². The monoisotopic (exact) mass is 407 g/mol. The second kappa shape index (κ2) is 10.7. The van der Waals surface area contributed by atoms with Gasteiger partial charge in [0.1, 0.15) is 11.4 Å². The van der Waals surface area contributed by atoms with E-state index in [-0.39, 0.29) is 30.5 Å². The number of aliphatic hydroxyl groups is 1. The fraction of sp³-hybridized carbons (Fsp3) is 0.533. The van der Waals surface area contributed by atoms with Crippen LogP contribution in [0.15, 0.2) is 40.0 Å². The Morgan fingerprint density at radius 1 is 1.48 bits per heavy atom. The molecule has 0 fully saturated rings. The van der Waals surface area contributed by atoms with Crippen molar-refractivity contribution < 1.29 is 9.52 Å². The molecule has 1 aromatic heterocycles. The van der Waals surface area contributed by atoms with E-state index in [1.165, 1.54) is 0 Å². The largest absolute Gasteiger partial charge is 0.466 e. The van der Waals surface area contributed by atoms with Crippen LogP contribution in [-0.4, -0.2) is 30.7 Å². The van der Waals surface area contributed by atoms with E-state index in [1.807, 2.05) is 19.9 Å². The van der Waals surface area contributed by atoms with Gasteiger partial charge in [-0.1, -0.05) is 12.2 Å². The third-order valence-corrected chi connectivity index (χ3v) is 2.78.